The number of aromatic nitrogens is 2. The predicted molar refractivity (Wildman–Crippen MR) is 62.2 cm³/mol. The smallest absolute Gasteiger partial charge is 0.128 e. The summed E-state index contributed by atoms with van der Waals surface area (Å²) < 4.78 is 0. The Bertz CT molecular complexity index is 330. The topological polar surface area (TPSA) is 46.0 Å². The van der Waals surface area contributed by atoms with Gasteiger partial charge in [-0.15, -0.1) is 0 Å². The molecule has 0 spiro atoms. The second-order valence-electron chi connectivity index (χ2n) is 3.70. The highest BCUT2D eigenvalue weighted by atomic mass is 32.2. The van der Waals surface area contributed by atoms with Crippen molar-refractivity contribution >= 4 is 11.8 Å². The van der Waals surface area contributed by atoms with Crippen LogP contribution in [0.1, 0.15) is 23.5 Å². The van der Waals surface area contributed by atoms with Gasteiger partial charge in [-0.3, -0.25) is 0 Å². The zero-order valence-corrected chi connectivity index (χ0v) is 9.59. The van der Waals surface area contributed by atoms with Gasteiger partial charge in [-0.25, -0.2) is 9.97 Å². The summed E-state index contributed by atoms with van der Waals surface area (Å²) >= 11 is 1.99. The van der Waals surface area contributed by atoms with E-state index in [1.807, 2.05) is 18.0 Å². The quantitative estimate of drug-likeness (QED) is 0.839. The van der Waals surface area contributed by atoms with E-state index in [4.69, 9.17) is 5.11 Å². The van der Waals surface area contributed by atoms with Gasteiger partial charge in [0.25, 0.3) is 0 Å². The summed E-state index contributed by atoms with van der Waals surface area (Å²) in [6.45, 7) is 0.219. The Balaban J connectivity index is 2.13. The molecule has 0 aliphatic carbocycles. The van der Waals surface area contributed by atoms with E-state index >= 15 is 0 Å². The molecule has 3 nitrogen and oxygen atoms in total. The van der Waals surface area contributed by atoms with Gasteiger partial charge in [-0.2, -0.15) is 11.8 Å². The van der Waals surface area contributed by atoms with Crippen molar-refractivity contribution in [2.75, 3.05) is 18.1 Å². The Morgan fingerprint density at radius 2 is 2.20 bits per heavy atom. The number of aliphatic hydroxyl groups excluding tert-OH is 1. The molecule has 0 bridgehead atoms. The molecule has 0 saturated heterocycles. The first-order chi connectivity index (χ1) is 7.40. The van der Waals surface area contributed by atoms with Gasteiger partial charge in [0, 0.05) is 24.9 Å². The van der Waals surface area contributed by atoms with Crippen molar-refractivity contribution in [3.05, 3.63) is 23.3 Å². The Labute approximate surface area is 94.3 Å². The molecule has 1 aromatic heterocycles. The third-order valence-corrected chi connectivity index (χ3v) is 3.55. The van der Waals surface area contributed by atoms with Crippen molar-refractivity contribution in [1.29, 1.82) is 0 Å². The summed E-state index contributed by atoms with van der Waals surface area (Å²) in [4.78, 5) is 8.91. The van der Waals surface area contributed by atoms with Crippen LogP contribution in [0.4, 0.5) is 0 Å². The average molecular weight is 224 g/mol. The fourth-order valence-corrected chi connectivity index (χ4v) is 2.63. The molecule has 2 rings (SSSR count). The molecule has 2 heterocycles. The molecule has 1 aliphatic heterocycles. The van der Waals surface area contributed by atoms with Crippen molar-refractivity contribution < 1.29 is 5.11 Å². The van der Waals surface area contributed by atoms with Gasteiger partial charge in [-0.05, 0) is 36.3 Å². The van der Waals surface area contributed by atoms with Crippen molar-refractivity contribution in [2.45, 2.75) is 25.7 Å². The van der Waals surface area contributed by atoms with Crippen LogP contribution in [0.3, 0.4) is 0 Å². The first kappa shape index (κ1) is 10.9. The normalized spacial score (nSPS) is 15.8. The Morgan fingerprint density at radius 1 is 1.33 bits per heavy atom. The van der Waals surface area contributed by atoms with E-state index in [9.17, 15) is 0 Å². The molecule has 82 valence electrons. The lowest BCUT2D eigenvalue weighted by atomic mass is 10.1. The Hall–Kier alpha value is -0.610. The maximum absolute atomic E-state index is 8.75. The molecule has 0 fully saturated rings. The van der Waals surface area contributed by atoms with Crippen molar-refractivity contribution in [3.63, 3.8) is 0 Å². The first-order valence-corrected chi connectivity index (χ1v) is 6.58. The Morgan fingerprint density at radius 3 is 3.07 bits per heavy atom. The van der Waals surface area contributed by atoms with Crippen molar-refractivity contribution in [1.82, 2.24) is 9.97 Å². The number of fused-ring (bicyclic) bond motifs is 1. The second-order valence-corrected chi connectivity index (χ2v) is 4.92. The number of rotatable bonds is 3. The molecule has 1 N–H and O–H groups in total. The standard InChI is InChI=1S/C11H16N2OS/c14-5-1-2-11-12-8-9-3-6-15-7-4-10(9)13-11/h8,14H,1-7H2. The molecule has 0 unspecified atom stereocenters. The first-order valence-electron chi connectivity index (χ1n) is 5.42. The third-order valence-electron chi connectivity index (χ3n) is 2.56. The molecule has 0 saturated carbocycles. The molecule has 1 aromatic rings. The van der Waals surface area contributed by atoms with E-state index in [0.29, 0.717) is 0 Å². The molecule has 0 aromatic carbocycles. The van der Waals surface area contributed by atoms with E-state index in [-0.39, 0.29) is 6.61 Å². The molecule has 0 atom stereocenters. The van der Waals surface area contributed by atoms with Crippen molar-refractivity contribution in [2.24, 2.45) is 0 Å². The van der Waals surface area contributed by atoms with Gasteiger partial charge in [-0.1, -0.05) is 0 Å². The van der Waals surface area contributed by atoms with E-state index in [0.717, 1.165) is 31.5 Å². The van der Waals surface area contributed by atoms with Crippen LogP contribution >= 0.6 is 11.8 Å². The SMILES string of the molecule is OCCCc1ncc2c(n1)CCSCC2. The Kier molecular flexibility index (Phi) is 3.97. The lowest BCUT2D eigenvalue weighted by Crippen LogP contribution is -2.04. The van der Waals surface area contributed by atoms with Crippen LogP contribution in [0.15, 0.2) is 6.20 Å². The minimum absolute atomic E-state index is 0.219. The van der Waals surface area contributed by atoms with E-state index in [2.05, 4.69) is 9.97 Å². The van der Waals surface area contributed by atoms with Gasteiger partial charge in [0.2, 0.25) is 0 Å². The highest BCUT2D eigenvalue weighted by Crippen LogP contribution is 2.17. The van der Waals surface area contributed by atoms with Crippen LogP contribution in [0, 0.1) is 0 Å². The van der Waals surface area contributed by atoms with Crippen LogP contribution in [-0.4, -0.2) is 33.2 Å². The third kappa shape index (κ3) is 2.92. The summed E-state index contributed by atoms with van der Waals surface area (Å²) in [6.07, 6.45) is 5.68. The van der Waals surface area contributed by atoms with Gasteiger partial charge < -0.3 is 5.11 Å². The lowest BCUT2D eigenvalue weighted by Gasteiger charge is -2.05. The maximum Gasteiger partial charge on any atom is 0.128 e. The summed E-state index contributed by atoms with van der Waals surface area (Å²) in [7, 11) is 0. The largest absolute Gasteiger partial charge is 0.396 e. The molecule has 15 heavy (non-hydrogen) atoms. The number of aliphatic hydroxyl groups is 1. The zero-order chi connectivity index (χ0) is 10.5. The van der Waals surface area contributed by atoms with Crippen LogP contribution in [-0.2, 0) is 19.3 Å². The number of nitrogens with zero attached hydrogens (tertiary/aromatic N) is 2. The van der Waals surface area contributed by atoms with Crippen LogP contribution in [0.25, 0.3) is 0 Å². The van der Waals surface area contributed by atoms with Gasteiger partial charge >= 0.3 is 0 Å². The molecule has 0 amide bonds. The van der Waals surface area contributed by atoms with Crippen LogP contribution < -0.4 is 0 Å². The number of hydrogen-bond donors (Lipinski definition) is 1. The molecular weight excluding hydrogens is 208 g/mol. The molecule has 4 heteroatoms. The fraction of sp³-hybridized carbons (Fsp3) is 0.636. The maximum atomic E-state index is 8.75. The van der Waals surface area contributed by atoms with Crippen molar-refractivity contribution in [3.8, 4) is 0 Å². The van der Waals surface area contributed by atoms with Crippen LogP contribution in [0.2, 0.25) is 0 Å². The lowest BCUT2D eigenvalue weighted by molar-refractivity contribution is 0.287. The molecule has 1 aliphatic rings. The fourth-order valence-electron chi connectivity index (χ4n) is 1.72. The highest BCUT2D eigenvalue weighted by molar-refractivity contribution is 7.99. The van der Waals surface area contributed by atoms with Gasteiger partial charge in [0.15, 0.2) is 0 Å². The summed E-state index contributed by atoms with van der Waals surface area (Å²) in [5.41, 5.74) is 2.54. The molecular formula is C11H16N2OS. The summed E-state index contributed by atoms with van der Waals surface area (Å²) in [5.74, 6) is 3.24. The van der Waals surface area contributed by atoms with E-state index in [1.165, 1.54) is 22.8 Å². The van der Waals surface area contributed by atoms with Gasteiger partial charge in [0.05, 0.1) is 0 Å². The van der Waals surface area contributed by atoms with E-state index in [1.54, 1.807) is 0 Å². The minimum atomic E-state index is 0.219. The second kappa shape index (κ2) is 5.47. The van der Waals surface area contributed by atoms with Gasteiger partial charge in [0.1, 0.15) is 5.82 Å². The zero-order valence-electron chi connectivity index (χ0n) is 8.78. The monoisotopic (exact) mass is 224 g/mol. The minimum Gasteiger partial charge on any atom is -0.396 e. The van der Waals surface area contributed by atoms with Crippen LogP contribution in [0.5, 0.6) is 0 Å². The predicted octanol–water partition coefficient (Wildman–Crippen LogP) is 1.23. The molecule has 0 radical (unpaired) electrons. The highest BCUT2D eigenvalue weighted by Gasteiger charge is 2.10. The number of aryl methyl sites for hydroxylation is 3. The summed E-state index contributed by atoms with van der Waals surface area (Å²) in [5, 5.41) is 8.75. The van der Waals surface area contributed by atoms with E-state index < -0.39 is 0 Å². The number of thioether (sulfide) groups is 1. The number of hydrogen-bond acceptors (Lipinski definition) is 4. The summed E-state index contributed by atoms with van der Waals surface area (Å²) in [6, 6.07) is 0. The average Bonchev–Trinajstić information content (AvgIpc) is 2.50.